The number of rotatable bonds is 7. The molecule has 0 spiro atoms. The van der Waals surface area contributed by atoms with E-state index in [1.54, 1.807) is 6.92 Å². The van der Waals surface area contributed by atoms with Crippen molar-refractivity contribution >= 4 is 27.6 Å². The van der Waals surface area contributed by atoms with Crippen LogP contribution in [0, 0.1) is 0 Å². The molecule has 0 aliphatic carbocycles. The van der Waals surface area contributed by atoms with E-state index in [2.05, 4.69) is 4.72 Å². The Hall–Kier alpha value is -1.11. The number of halogens is 1. The molecular weight excluding hydrogens is 302 g/mol. The molecular formula is C13H18ClNO4S. The molecule has 0 saturated carbocycles. The third-order valence-corrected chi connectivity index (χ3v) is 4.28. The van der Waals surface area contributed by atoms with E-state index in [1.807, 2.05) is 6.92 Å². The van der Waals surface area contributed by atoms with E-state index in [-0.39, 0.29) is 11.3 Å². The maximum Gasteiger partial charge on any atom is 0.307 e. The fraction of sp³-hybridized carbons (Fsp3) is 0.462. The summed E-state index contributed by atoms with van der Waals surface area (Å²) in [6.45, 7) is 3.84. The molecule has 0 saturated heterocycles. The highest BCUT2D eigenvalue weighted by Gasteiger charge is 2.19. The van der Waals surface area contributed by atoms with Crippen LogP contribution in [0.5, 0.6) is 0 Å². The Morgan fingerprint density at radius 3 is 2.50 bits per heavy atom. The van der Waals surface area contributed by atoms with Gasteiger partial charge in [0, 0.05) is 11.1 Å². The van der Waals surface area contributed by atoms with Crippen molar-refractivity contribution in [1.29, 1.82) is 0 Å². The van der Waals surface area contributed by atoms with Gasteiger partial charge in [-0.25, -0.2) is 13.1 Å². The minimum atomic E-state index is -3.66. The minimum Gasteiger partial charge on any atom is -0.466 e. The molecule has 1 aromatic carbocycles. The van der Waals surface area contributed by atoms with Crippen LogP contribution in [-0.2, 0) is 19.6 Å². The maximum absolute atomic E-state index is 12.0. The predicted octanol–water partition coefficient (Wildman–Crippen LogP) is 2.35. The van der Waals surface area contributed by atoms with E-state index < -0.39 is 22.0 Å². The molecule has 0 aliphatic heterocycles. The number of benzene rings is 1. The Kier molecular flexibility index (Phi) is 6.45. The van der Waals surface area contributed by atoms with Gasteiger partial charge in [0.15, 0.2) is 0 Å². The Bertz CT molecular complexity index is 542. The first kappa shape index (κ1) is 16.9. The maximum atomic E-state index is 12.0. The second-order valence-electron chi connectivity index (χ2n) is 4.40. The number of nitrogens with one attached hydrogen (secondary N) is 1. The lowest BCUT2D eigenvalue weighted by Gasteiger charge is -2.13. The normalized spacial score (nSPS) is 12.9. The van der Waals surface area contributed by atoms with Crippen LogP contribution in [0.25, 0.3) is 0 Å². The van der Waals surface area contributed by atoms with Gasteiger partial charge < -0.3 is 4.74 Å². The lowest BCUT2D eigenvalue weighted by atomic mass is 10.2. The van der Waals surface area contributed by atoms with Crippen LogP contribution in [0.3, 0.4) is 0 Å². The summed E-state index contributed by atoms with van der Waals surface area (Å²) in [5.41, 5.74) is 0. The summed E-state index contributed by atoms with van der Waals surface area (Å²) < 4.78 is 31.4. The quantitative estimate of drug-likeness (QED) is 0.783. The molecule has 0 fully saturated rings. The van der Waals surface area contributed by atoms with Crippen molar-refractivity contribution in [3.8, 4) is 0 Å². The second kappa shape index (κ2) is 7.61. The van der Waals surface area contributed by atoms with Gasteiger partial charge in [0.05, 0.1) is 17.9 Å². The van der Waals surface area contributed by atoms with E-state index in [1.165, 1.54) is 24.3 Å². The molecule has 1 N–H and O–H groups in total. The van der Waals surface area contributed by atoms with Crippen molar-refractivity contribution in [1.82, 2.24) is 4.72 Å². The number of carbonyl (C=O) groups is 1. The second-order valence-corrected chi connectivity index (χ2v) is 6.55. The SMILES string of the molecule is CCCOC(=O)CC(C)NS(=O)(=O)c1ccc(Cl)cc1. The molecule has 0 bridgehead atoms. The third-order valence-electron chi connectivity index (χ3n) is 2.42. The van der Waals surface area contributed by atoms with Crippen molar-refractivity contribution in [3.05, 3.63) is 29.3 Å². The summed E-state index contributed by atoms with van der Waals surface area (Å²) in [7, 11) is -3.66. The molecule has 1 atom stereocenters. The average Bonchev–Trinajstić information content (AvgIpc) is 2.36. The van der Waals surface area contributed by atoms with Crippen LogP contribution in [0.15, 0.2) is 29.2 Å². The van der Waals surface area contributed by atoms with Gasteiger partial charge in [0.25, 0.3) is 0 Å². The molecule has 20 heavy (non-hydrogen) atoms. The number of sulfonamides is 1. The van der Waals surface area contributed by atoms with Gasteiger partial charge in [-0.3, -0.25) is 4.79 Å². The molecule has 7 heteroatoms. The molecule has 0 radical (unpaired) electrons. The Morgan fingerprint density at radius 2 is 1.95 bits per heavy atom. The molecule has 0 amide bonds. The molecule has 5 nitrogen and oxygen atoms in total. The third kappa shape index (κ3) is 5.48. The van der Waals surface area contributed by atoms with E-state index in [0.29, 0.717) is 11.6 Å². The number of esters is 1. The van der Waals surface area contributed by atoms with Gasteiger partial charge in [0.1, 0.15) is 0 Å². The first-order valence-electron chi connectivity index (χ1n) is 6.28. The molecule has 1 aromatic rings. The van der Waals surface area contributed by atoms with Gasteiger partial charge in [-0.15, -0.1) is 0 Å². The van der Waals surface area contributed by atoms with Crippen molar-refractivity contribution in [2.24, 2.45) is 0 Å². The van der Waals surface area contributed by atoms with Crippen LogP contribution in [0.1, 0.15) is 26.7 Å². The van der Waals surface area contributed by atoms with Gasteiger partial charge in [-0.05, 0) is 37.6 Å². The standard InChI is InChI=1S/C13H18ClNO4S/c1-3-8-19-13(16)9-10(2)15-20(17,18)12-6-4-11(14)5-7-12/h4-7,10,15H,3,8-9H2,1-2H3. The summed E-state index contributed by atoms with van der Waals surface area (Å²) in [5, 5.41) is 0.458. The highest BCUT2D eigenvalue weighted by Crippen LogP contribution is 2.14. The lowest BCUT2D eigenvalue weighted by molar-refractivity contribution is -0.144. The highest BCUT2D eigenvalue weighted by molar-refractivity contribution is 7.89. The van der Waals surface area contributed by atoms with E-state index in [9.17, 15) is 13.2 Å². The number of carbonyl (C=O) groups excluding carboxylic acids is 1. The summed E-state index contributed by atoms with van der Waals surface area (Å²) in [4.78, 5) is 11.5. The molecule has 112 valence electrons. The van der Waals surface area contributed by atoms with Crippen LogP contribution in [0.4, 0.5) is 0 Å². The Morgan fingerprint density at radius 1 is 1.35 bits per heavy atom. The van der Waals surface area contributed by atoms with Crippen molar-refractivity contribution < 1.29 is 17.9 Å². The Balaban J connectivity index is 2.62. The van der Waals surface area contributed by atoms with E-state index in [0.717, 1.165) is 6.42 Å². The fourth-order valence-electron chi connectivity index (χ4n) is 1.51. The monoisotopic (exact) mass is 319 g/mol. The molecule has 1 unspecified atom stereocenters. The molecule has 0 aromatic heterocycles. The molecule has 0 heterocycles. The highest BCUT2D eigenvalue weighted by atomic mass is 35.5. The molecule has 0 aliphatic rings. The summed E-state index contributed by atoms with van der Waals surface area (Å²) >= 11 is 5.71. The summed E-state index contributed by atoms with van der Waals surface area (Å²) in [6, 6.07) is 5.27. The first-order valence-corrected chi connectivity index (χ1v) is 8.14. The number of hydrogen-bond donors (Lipinski definition) is 1. The van der Waals surface area contributed by atoms with Crippen molar-refractivity contribution in [2.75, 3.05) is 6.61 Å². The van der Waals surface area contributed by atoms with Crippen LogP contribution < -0.4 is 4.72 Å². The number of ether oxygens (including phenoxy) is 1. The lowest BCUT2D eigenvalue weighted by Crippen LogP contribution is -2.34. The topological polar surface area (TPSA) is 72.5 Å². The van der Waals surface area contributed by atoms with Crippen molar-refractivity contribution in [2.45, 2.75) is 37.6 Å². The number of hydrogen-bond acceptors (Lipinski definition) is 4. The zero-order valence-corrected chi connectivity index (χ0v) is 13.0. The van der Waals surface area contributed by atoms with Crippen molar-refractivity contribution in [3.63, 3.8) is 0 Å². The van der Waals surface area contributed by atoms with Gasteiger partial charge in [-0.1, -0.05) is 18.5 Å². The summed E-state index contributed by atoms with van der Waals surface area (Å²) in [6.07, 6.45) is 0.726. The van der Waals surface area contributed by atoms with Crippen LogP contribution in [-0.4, -0.2) is 27.0 Å². The van der Waals surface area contributed by atoms with Gasteiger partial charge >= 0.3 is 5.97 Å². The zero-order valence-electron chi connectivity index (χ0n) is 11.4. The van der Waals surface area contributed by atoms with Crippen LogP contribution in [0.2, 0.25) is 5.02 Å². The fourth-order valence-corrected chi connectivity index (χ4v) is 2.88. The van der Waals surface area contributed by atoms with Crippen LogP contribution >= 0.6 is 11.6 Å². The Labute approximate surface area is 124 Å². The predicted molar refractivity (Wildman–Crippen MR) is 77.1 cm³/mol. The zero-order chi connectivity index (χ0) is 15.2. The van der Waals surface area contributed by atoms with Gasteiger partial charge in [-0.2, -0.15) is 0 Å². The average molecular weight is 320 g/mol. The van der Waals surface area contributed by atoms with E-state index >= 15 is 0 Å². The first-order chi connectivity index (χ1) is 9.35. The summed E-state index contributed by atoms with van der Waals surface area (Å²) in [5.74, 6) is -0.418. The largest absolute Gasteiger partial charge is 0.466 e. The molecule has 1 rings (SSSR count). The smallest absolute Gasteiger partial charge is 0.307 e. The van der Waals surface area contributed by atoms with Gasteiger partial charge in [0.2, 0.25) is 10.0 Å². The minimum absolute atomic E-state index is 0.00712. The van der Waals surface area contributed by atoms with E-state index in [4.69, 9.17) is 16.3 Å².